The van der Waals surface area contributed by atoms with Crippen molar-refractivity contribution in [2.45, 2.75) is 13.3 Å². The highest BCUT2D eigenvalue weighted by molar-refractivity contribution is 5.58. The first-order valence-electron chi connectivity index (χ1n) is 6.56. The van der Waals surface area contributed by atoms with Gasteiger partial charge in [0.05, 0.1) is 0 Å². The summed E-state index contributed by atoms with van der Waals surface area (Å²) in [5.74, 6) is 0.977. The number of aryl methyl sites for hydroxylation is 1. The highest BCUT2D eigenvalue weighted by Crippen LogP contribution is 2.21. The molecule has 2 heteroatoms. The maximum absolute atomic E-state index is 4.47. The zero-order valence-electron chi connectivity index (χ0n) is 11.0. The first-order valence-corrected chi connectivity index (χ1v) is 6.56. The maximum atomic E-state index is 4.47. The van der Waals surface area contributed by atoms with Crippen LogP contribution in [0.5, 0.6) is 0 Å². The van der Waals surface area contributed by atoms with Gasteiger partial charge in [-0.15, -0.1) is 0 Å². The first kappa shape index (κ1) is 11.7. The van der Waals surface area contributed by atoms with E-state index >= 15 is 0 Å². The molecule has 2 nitrogen and oxygen atoms in total. The number of aromatic nitrogens is 2. The Kier molecular flexibility index (Phi) is 3.15. The Labute approximate surface area is 113 Å². The third kappa shape index (κ3) is 2.29. The molecule has 2 aromatic carbocycles. The smallest absolute Gasteiger partial charge is 0.144 e. The van der Waals surface area contributed by atoms with Crippen LogP contribution in [0.4, 0.5) is 0 Å². The van der Waals surface area contributed by atoms with Crippen LogP contribution in [0.15, 0.2) is 67.0 Å². The fourth-order valence-electron chi connectivity index (χ4n) is 2.20. The Balaban J connectivity index is 2.04. The molecule has 0 aliphatic carbocycles. The molecule has 0 aliphatic heterocycles. The zero-order valence-corrected chi connectivity index (χ0v) is 11.0. The topological polar surface area (TPSA) is 17.8 Å². The highest BCUT2D eigenvalue weighted by atomic mass is 15.1. The van der Waals surface area contributed by atoms with E-state index in [0.717, 1.165) is 23.5 Å². The maximum Gasteiger partial charge on any atom is 0.144 e. The van der Waals surface area contributed by atoms with Gasteiger partial charge >= 0.3 is 0 Å². The van der Waals surface area contributed by atoms with E-state index in [1.54, 1.807) is 0 Å². The normalized spacial score (nSPS) is 10.6. The van der Waals surface area contributed by atoms with Crippen LogP contribution in [0.25, 0.3) is 17.1 Å². The summed E-state index contributed by atoms with van der Waals surface area (Å²) in [5.41, 5.74) is 3.63. The van der Waals surface area contributed by atoms with Crippen LogP contribution in [0.3, 0.4) is 0 Å². The van der Waals surface area contributed by atoms with Gasteiger partial charge in [0.15, 0.2) is 0 Å². The Bertz CT molecular complexity index is 651. The summed E-state index contributed by atoms with van der Waals surface area (Å²) in [6.45, 7) is 2.17. The van der Waals surface area contributed by atoms with Crippen molar-refractivity contribution in [1.82, 2.24) is 9.55 Å². The van der Waals surface area contributed by atoms with E-state index in [0.29, 0.717) is 0 Å². The minimum atomic E-state index is 0.977. The second-order valence-electron chi connectivity index (χ2n) is 4.51. The van der Waals surface area contributed by atoms with Crippen LogP contribution in [0.2, 0.25) is 0 Å². The number of imidazole rings is 1. The summed E-state index contributed by atoms with van der Waals surface area (Å²) in [5, 5.41) is 0. The van der Waals surface area contributed by atoms with Crippen molar-refractivity contribution in [2.75, 3.05) is 0 Å². The SMILES string of the molecule is CCc1ccc(-n2ccnc2-c2ccccc2)cc1. The van der Waals surface area contributed by atoms with Crippen LogP contribution in [-0.4, -0.2) is 9.55 Å². The summed E-state index contributed by atoms with van der Waals surface area (Å²) < 4.78 is 2.12. The summed E-state index contributed by atoms with van der Waals surface area (Å²) in [4.78, 5) is 4.47. The number of hydrogen-bond donors (Lipinski definition) is 0. The zero-order chi connectivity index (χ0) is 13.1. The number of hydrogen-bond acceptors (Lipinski definition) is 1. The van der Waals surface area contributed by atoms with Crippen LogP contribution < -0.4 is 0 Å². The molecule has 0 spiro atoms. The van der Waals surface area contributed by atoms with E-state index in [9.17, 15) is 0 Å². The molecule has 1 aromatic heterocycles. The number of nitrogens with zero attached hydrogens (tertiary/aromatic N) is 2. The molecule has 0 N–H and O–H groups in total. The van der Waals surface area contributed by atoms with Crippen molar-refractivity contribution in [3.63, 3.8) is 0 Å². The van der Waals surface area contributed by atoms with Crippen LogP contribution in [0, 0.1) is 0 Å². The number of rotatable bonds is 3. The van der Waals surface area contributed by atoms with Gasteiger partial charge < -0.3 is 0 Å². The standard InChI is InChI=1S/C17H16N2/c1-2-14-8-10-16(11-9-14)19-13-12-18-17(19)15-6-4-3-5-7-15/h3-13H,2H2,1H3. The molecule has 3 rings (SSSR count). The van der Waals surface area contributed by atoms with E-state index in [1.807, 2.05) is 30.6 Å². The number of benzene rings is 2. The Morgan fingerprint density at radius 3 is 2.37 bits per heavy atom. The van der Waals surface area contributed by atoms with E-state index in [-0.39, 0.29) is 0 Å². The second kappa shape index (κ2) is 5.11. The average Bonchev–Trinajstić information content (AvgIpc) is 2.98. The molecule has 0 saturated carbocycles. The van der Waals surface area contributed by atoms with Crippen molar-refractivity contribution in [3.05, 3.63) is 72.6 Å². The van der Waals surface area contributed by atoms with Crippen molar-refractivity contribution < 1.29 is 0 Å². The fourth-order valence-corrected chi connectivity index (χ4v) is 2.20. The van der Waals surface area contributed by atoms with E-state index in [2.05, 4.69) is 52.9 Å². The van der Waals surface area contributed by atoms with E-state index in [4.69, 9.17) is 0 Å². The van der Waals surface area contributed by atoms with Gasteiger partial charge in [0.2, 0.25) is 0 Å². The molecule has 19 heavy (non-hydrogen) atoms. The Morgan fingerprint density at radius 1 is 0.947 bits per heavy atom. The molecular weight excluding hydrogens is 232 g/mol. The van der Waals surface area contributed by atoms with Gasteiger partial charge in [-0.3, -0.25) is 4.57 Å². The van der Waals surface area contributed by atoms with Crippen LogP contribution in [0.1, 0.15) is 12.5 Å². The molecular formula is C17H16N2. The van der Waals surface area contributed by atoms with E-state index in [1.165, 1.54) is 5.56 Å². The van der Waals surface area contributed by atoms with E-state index < -0.39 is 0 Å². The molecule has 0 atom stereocenters. The predicted octanol–water partition coefficient (Wildman–Crippen LogP) is 4.10. The molecule has 0 bridgehead atoms. The summed E-state index contributed by atoms with van der Waals surface area (Å²) >= 11 is 0. The van der Waals surface area contributed by atoms with Gasteiger partial charge in [-0.25, -0.2) is 4.98 Å². The monoisotopic (exact) mass is 248 g/mol. The summed E-state index contributed by atoms with van der Waals surface area (Å²) in [7, 11) is 0. The van der Waals surface area contributed by atoms with Gasteiger partial charge in [-0.05, 0) is 24.1 Å². The lowest BCUT2D eigenvalue weighted by Gasteiger charge is -2.08. The third-order valence-corrected chi connectivity index (χ3v) is 3.30. The second-order valence-corrected chi connectivity index (χ2v) is 4.51. The fraction of sp³-hybridized carbons (Fsp3) is 0.118. The summed E-state index contributed by atoms with van der Waals surface area (Å²) in [6.07, 6.45) is 4.91. The lowest BCUT2D eigenvalue weighted by Crippen LogP contribution is -1.96. The molecule has 0 amide bonds. The highest BCUT2D eigenvalue weighted by Gasteiger charge is 2.06. The third-order valence-electron chi connectivity index (χ3n) is 3.30. The summed E-state index contributed by atoms with van der Waals surface area (Å²) in [6, 6.07) is 18.9. The van der Waals surface area contributed by atoms with Crippen LogP contribution >= 0.6 is 0 Å². The average molecular weight is 248 g/mol. The molecule has 0 aliphatic rings. The molecule has 0 fully saturated rings. The van der Waals surface area contributed by atoms with Gasteiger partial charge in [0.25, 0.3) is 0 Å². The van der Waals surface area contributed by atoms with Crippen LogP contribution in [-0.2, 0) is 6.42 Å². The molecule has 0 saturated heterocycles. The lowest BCUT2D eigenvalue weighted by atomic mass is 10.1. The largest absolute Gasteiger partial charge is 0.300 e. The minimum Gasteiger partial charge on any atom is -0.300 e. The Hall–Kier alpha value is -2.35. The van der Waals surface area contributed by atoms with Gasteiger partial charge in [-0.1, -0.05) is 49.4 Å². The van der Waals surface area contributed by atoms with Gasteiger partial charge in [0, 0.05) is 23.6 Å². The predicted molar refractivity (Wildman–Crippen MR) is 78.4 cm³/mol. The lowest BCUT2D eigenvalue weighted by molar-refractivity contribution is 1.06. The molecule has 94 valence electrons. The Morgan fingerprint density at radius 2 is 1.68 bits per heavy atom. The van der Waals surface area contributed by atoms with Crippen molar-refractivity contribution >= 4 is 0 Å². The van der Waals surface area contributed by atoms with Crippen molar-refractivity contribution in [3.8, 4) is 17.1 Å². The molecule has 0 unspecified atom stereocenters. The van der Waals surface area contributed by atoms with Crippen molar-refractivity contribution in [2.24, 2.45) is 0 Å². The molecule has 1 heterocycles. The van der Waals surface area contributed by atoms with Gasteiger partial charge in [0.1, 0.15) is 5.82 Å². The van der Waals surface area contributed by atoms with Crippen molar-refractivity contribution in [1.29, 1.82) is 0 Å². The van der Waals surface area contributed by atoms with Gasteiger partial charge in [-0.2, -0.15) is 0 Å². The molecule has 0 radical (unpaired) electrons. The quantitative estimate of drug-likeness (QED) is 0.682. The molecule has 3 aromatic rings. The minimum absolute atomic E-state index is 0.977. The first-order chi connectivity index (χ1) is 9.38.